The van der Waals surface area contributed by atoms with Crippen molar-refractivity contribution < 1.29 is 4.79 Å². The summed E-state index contributed by atoms with van der Waals surface area (Å²) in [5.74, 6) is 0.141. The van der Waals surface area contributed by atoms with Gasteiger partial charge in [0.15, 0.2) is 0 Å². The Hall–Kier alpha value is -2.40. The van der Waals surface area contributed by atoms with Gasteiger partial charge in [-0.2, -0.15) is 0 Å². The predicted octanol–water partition coefficient (Wildman–Crippen LogP) is 2.42. The lowest BCUT2D eigenvalue weighted by Gasteiger charge is -2.24. The summed E-state index contributed by atoms with van der Waals surface area (Å²) in [7, 11) is 1.66. The van der Waals surface area contributed by atoms with Gasteiger partial charge >= 0.3 is 0 Å². The fraction of sp³-hybridized carbons (Fsp3) is 0.429. The van der Waals surface area contributed by atoms with E-state index in [-0.39, 0.29) is 17.0 Å². The van der Waals surface area contributed by atoms with Gasteiger partial charge in [0, 0.05) is 32.9 Å². The number of carbonyl (C=O) groups is 1. The van der Waals surface area contributed by atoms with E-state index in [0.717, 1.165) is 26.1 Å². The van der Waals surface area contributed by atoms with Gasteiger partial charge in [-0.05, 0) is 43.0 Å². The number of pyridine rings is 1. The number of nitrogens with one attached hydrogen (secondary N) is 1. The molecule has 26 heavy (non-hydrogen) atoms. The van der Waals surface area contributed by atoms with Gasteiger partial charge in [0.1, 0.15) is 5.56 Å². The van der Waals surface area contributed by atoms with Crippen LogP contribution in [0.25, 0.3) is 0 Å². The van der Waals surface area contributed by atoms with Crippen LogP contribution in [0, 0.1) is 5.92 Å². The highest BCUT2D eigenvalue weighted by atomic mass is 16.2. The van der Waals surface area contributed by atoms with E-state index < -0.39 is 0 Å². The molecule has 2 aromatic rings. The first kappa shape index (κ1) is 18.4. The van der Waals surface area contributed by atoms with Crippen LogP contribution in [0.15, 0.2) is 53.5 Å². The van der Waals surface area contributed by atoms with Crippen molar-refractivity contribution in [2.75, 3.05) is 19.6 Å². The standard InChI is InChI=1S/C21H27N3O2/c1-23-12-7-11-19(21(23)26)20(25)22-14-18-10-5-6-13-24(16-18)15-17-8-3-2-4-9-17/h2-4,7-9,11-12,18H,5-6,10,13-16H2,1H3,(H,22,25). The Labute approximate surface area is 154 Å². The molecule has 0 saturated carbocycles. The Morgan fingerprint density at radius 1 is 1.15 bits per heavy atom. The number of likely N-dealkylation sites (tertiary alicyclic amines) is 1. The number of hydrogen-bond acceptors (Lipinski definition) is 3. The lowest BCUT2D eigenvalue weighted by molar-refractivity contribution is 0.0940. The monoisotopic (exact) mass is 353 g/mol. The van der Waals surface area contributed by atoms with Crippen LogP contribution in [-0.2, 0) is 13.6 Å². The molecule has 1 fully saturated rings. The molecule has 1 unspecified atom stereocenters. The van der Waals surface area contributed by atoms with Crippen LogP contribution in [-0.4, -0.2) is 35.0 Å². The molecule has 1 aliphatic heterocycles. The molecular formula is C21H27N3O2. The van der Waals surface area contributed by atoms with Crippen molar-refractivity contribution in [1.29, 1.82) is 0 Å². The third-order valence-corrected chi connectivity index (χ3v) is 5.02. The first-order valence-electron chi connectivity index (χ1n) is 9.33. The number of nitrogens with zero attached hydrogens (tertiary/aromatic N) is 2. The predicted molar refractivity (Wildman–Crippen MR) is 103 cm³/mol. The maximum absolute atomic E-state index is 12.4. The van der Waals surface area contributed by atoms with E-state index >= 15 is 0 Å². The minimum Gasteiger partial charge on any atom is -0.352 e. The zero-order chi connectivity index (χ0) is 18.4. The van der Waals surface area contributed by atoms with Gasteiger partial charge in [-0.1, -0.05) is 36.8 Å². The summed E-state index contributed by atoms with van der Waals surface area (Å²) in [6, 6.07) is 13.8. The molecule has 0 radical (unpaired) electrons. The molecule has 1 amide bonds. The first-order chi connectivity index (χ1) is 12.6. The minimum atomic E-state index is -0.273. The van der Waals surface area contributed by atoms with Crippen molar-refractivity contribution in [2.24, 2.45) is 13.0 Å². The van der Waals surface area contributed by atoms with Gasteiger partial charge in [0.2, 0.25) is 0 Å². The molecule has 1 saturated heterocycles. The van der Waals surface area contributed by atoms with Crippen molar-refractivity contribution in [3.05, 3.63) is 70.1 Å². The number of aromatic nitrogens is 1. The number of aryl methyl sites for hydroxylation is 1. The molecular weight excluding hydrogens is 326 g/mol. The van der Waals surface area contributed by atoms with Crippen LogP contribution in [0.5, 0.6) is 0 Å². The molecule has 2 heterocycles. The van der Waals surface area contributed by atoms with Crippen molar-refractivity contribution >= 4 is 5.91 Å². The number of benzene rings is 1. The Bertz CT molecular complexity index is 785. The maximum Gasteiger partial charge on any atom is 0.263 e. The average Bonchev–Trinajstić information content (AvgIpc) is 2.88. The van der Waals surface area contributed by atoms with Crippen LogP contribution in [0.2, 0.25) is 0 Å². The largest absolute Gasteiger partial charge is 0.352 e. The van der Waals surface area contributed by atoms with Crippen LogP contribution in [0.4, 0.5) is 0 Å². The number of carbonyl (C=O) groups excluding carboxylic acids is 1. The molecule has 0 spiro atoms. The molecule has 1 atom stereocenters. The molecule has 138 valence electrons. The highest BCUT2D eigenvalue weighted by Crippen LogP contribution is 2.18. The summed E-state index contributed by atoms with van der Waals surface area (Å²) in [5, 5.41) is 2.97. The van der Waals surface area contributed by atoms with E-state index in [9.17, 15) is 9.59 Å². The number of rotatable bonds is 5. The summed E-state index contributed by atoms with van der Waals surface area (Å²) < 4.78 is 1.43. The summed E-state index contributed by atoms with van der Waals surface area (Å²) >= 11 is 0. The maximum atomic E-state index is 12.4. The van der Waals surface area contributed by atoms with Gasteiger partial charge in [-0.25, -0.2) is 0 Å². The van der Waals surface area contributed by atoms with E-state index in [4.69, 9.17) is 0 Å². The third-order valence-electron chi connectivity index (χ3n) is 5.02. The molecule has 1 aliphatic rings. The smallest absolute Gasteiger partial charge is 0.263 e. The fourth-order valence-electron chi connectivity index (χ4n) is 3.57. The highest BCUT2D eigenvalue weighted by Gasteiger charge is 2.20. The van der Waals surface area contributed by atoms with Crippen LogP contribution in [0.1, 0.15) is 35.2 Å². The summed E-state index contributed by atoms with van der Waals surface area (Å²) in [6.07, 6.45) is 5.14. The summed E-state index contributed by atoms with van der Waals surface area (Å²) in [4.78, 5) is 26.9. The second-order valence-corrected chi connectivity index (χ2v) is 7.13. The van der Waals surface area contributed by atoms with Crippen molar-refractivity contribution in [2.45, 2.75) is 25.8 Å². The Morgan fingerprint density at radius 2 is 1.96 bits per heavy atom. The number of hydrogen-bond donors (Lipinski definition) is 1. The van der Waals surface area contributed by atoms with E-state index in [0.29, 0.717) is 12.5 Å². The zero-order valence-corrected chi connectivity index (χ0v) is 15.4. The average molecular weight is 353 g/mol. The molecule has 1 aromatic heterocycles. The third kappa shape index (κ3) is 4.82. The fourth-order valence-corrected chi connectivity index (χ4v) is 3.57. The SMILES string of the molecule is Cn1cccc(C(=O)NCC2CCCCN(Cc3ccccc3)C2)c1=O. The minimum absolute atomic E-state index is 0.213. The van der Waals surface area contributed by atoms with Gasteiger partial charge in [-0.3, -0.25) is 14.5 Å². The Morgan fingerprint density at radius 3 is 2.77 bits per heavy atom. The van der Waals surface area contributed by atoms with E-state index in [2.05, 4.69) is 34.5 Å². The van der Waals surface area contributed by atoms with Gasteiger partial charge in [0.25, 0.3) is 11.5 Å². The Balaban J connectivity index is 1.57. The van der Waals surface area contributed by atoms with Crippen LogP contribution < -0.4 is 10.9 Å². The summed E-state index contributed by atoms with van der Waals surface area (Å²) in [6.45, 7) is 3.63. The molecule has 0 bridgehead atoms. The first-order valence-corrected chi connectivity index (χ1v) is 9.33. The second-order valence-electron chi connectivity index (χ2n) is 7.13. The van der Waals surface area contributed by atoms with Crippen molar-refractivity contribution in [3.63, 3.8) is 0 Å². The van der Waals surface area contributed by atoms with Crippen molar-refractivity contribution in [1.82, 2.24) is 14.8 Å². The van der Waals surface area contributed by atoms with Gasteiger partial charge < -0.3 is 9.88 Å². The van der Waals surface area contributed by atoms with E-state index in [1.54, 1.807) is 25.4 Å². The molecule has 1 N–H and O–H groups in total. The molecule has 1 aromatic carbocycles. The van der Waals surface area contributed by atoms with Gasteiger partial charge in [0.05, 0.1) is 0 Å². The zero-order valence-electron chi connectivity index (χ0n) is 15.4. The number of amides is 1. The molecule has 5 heteroatoms. The summed E-state index contributed by atoms with van der Waals surface area (Å²) in [5.41, 5.74) is 1.28. The second kappa shape index (κ2) is 8.81. The molecule has 0 aliphatic carbocycles. The molecule has 5 nitrogen and oxygen atoms in total. The topological polar surface area (TPSA) is 54.3 Å². The van der Waals surface area contributed by atoms with E-state index in [1.807, 2.05) is 6.07 Å². The highest BCUT2D eigenvalue weighted by molar-refractivity contribution is 5.93. The van der Waals surface area contributed by atoms with Crippen molar-refractivity contribution in [3.8, 4) is 0 Å². The lowest BCUT2D eigenvalue weighted by atomic mass is 10.0. The molecule has 3 rings (SSSR count). The van der Waals surface area contributed by atoms with Crippen LogP contribution in [0.3, 0.4) is 0 Å². The quantitative estimate of drug-likeness (QED) is 0.898. The normalized spacial score (nSPS) is 18.3. The Kier molecular flexibility index (Phi) is 6.23. The van der Waals surface area contributed by atoms with Gasteiger partial charge in [-0.15, -0.1) is 0 Å². The van der Waals surface area contributed by atoms with Crippen LogP contribution >= 0.6 is 0 Å². The van der Waals surface area contributed by atoms with E-state index in [1.165, 1.54) is 23.0 Å². The lowest BCUT2D eigenvalue weighted by Crippen LogP contribution is -2.37.